The van der Waals surface area contributed by atoms with Gasteiger partial charge < -0.3 is 4.74 Å². The average molecular weight is 369 g/mol. The summed E-state index contributed by atoms with van der Waals surface area (Å²) in [6, 6.07) is 6.02. The van der Waals surface area contributed by atoms with Gasteiger partial charge in [-0.15, -0.1) is 0 Å². The van der Waals surface area contributed by atoms with Crippen molar-refractivity contribution >= 4 is 33.5 Å². The third-order valence-corrected chi connectivity index (χ3v) is 6.33. The van der Waals surface area contributed by atoms with Gasteiger partial charge >= 0.3 is 0 Å². The fourth-order valence-electron chi connectivity index (χ4n) is 3.39. The van der Waals surface area contributed by atoms with E-state index in [0.29, 0.717) is 0 Å². The molecule has 0 amide bonds. The van der Waals surface area contributed by atoms with Crippen LogP contribution in [0.4, 0.5) is 0 Å². The summed E-state index contributed by atoms with van der Waals surface area (Å²) in [5.74, 6) is 2.72. The zero-order valence-electron chi connectivity index (χ0n) is 12.4. The van der Waals surface area contributed by atoms with Crippen LogP contribution in [0.2, 0.25) is 0 Å². The highest BCUT2D eigenvalue weighted by atomic mass is 79.9. The van der Waals surface area contributed by atoms with Crippen LogP contribution >= 0.6 is 27.7 Å². The van der Waals surface area contributed by atoms with E-state index in [4.69, 9.17) is 4.74 Å². The molecule has 1 aromatic rings. The number of ether oxygens (including phenoxy) is 1. The van der Waals surface area contributed by atoms with Gasteiger partial charge in [0.25, 0.3) is 0 Å². The number of hydrogen-bond donors (Lipinski definition) is 0. The van der Waals surface area contributed by atoms with Crippen LogP contribution in [-0.2, 0) is 4.74 Å². The second-order valence-corrected chi connectivity index (χ2v) is 8.26. The molecule has 0 radical (unpaired) electrons. The number of ketones is 1. The summed E-state index contributed by atoms with van der Waals surface area (Å²) in [6.07, 6.45) is 3.94. The van der Waals surface area contributed by atoms with Crippen LogP contribution in [0, 0.1) is 12.8 Å². The molecular formula is C17H21BrO2S. The number of benzene rings is 1. The minimum Gasteiger partial charge on any atom is -0.375 e. The Morgan fingerprint density at radius 1 is 1.38 bits per heavy atom. The molecule has 2 fully saturated rings. The van der Waals surface area contributed by atoms with Gasteiger partial charge in [-0.3, -0.25) is 4.79 Å². The first-order valence-electron chi connectivity index (χ1n) is 7.62. The lowest BCUT2D eigenvalue weighted by Gasteiger charge is -2.43. The molecule has 1 aromatic carbocycles. The molecule has 2 heterocycles. The van der Waals surface area contributed by atoms with Crippen LogP contribution in [0.3, 0.4) is 0 Å². The molecule has 1 unspecified atom stereocenters. The Kier molecular flexibility index (Phi) is 4.77. The predicted octanol–water partition coefficient (Wildman–Crippen LogP) is 4.63. The highest BCUT2D eigenvalue weighted by Gasteiger charge is 2.41. The second-order valence-electron chi connectivity index (χ2n) is 6.18. The first-order chi connectivity index (χ1) is 10.1. The molecule has 2 aliphatic rings. The summed E-state index contributed by atoms with van der Waals surface area (Å²) in [5, 5.41) is 0. The van der Waals surface area contributed by atoms with Crippen molar-refractivity contribution in [2.24, 2.45) is 5.92 Å². The monoisotopic (exact) mass is 368 g/mol. The van der Waals surface area contributed by atoms with Crippen molar-refractivity contribution in [3.8, 4) is 0 Å². The van der Waals surface area contributed by atoms with E-state index in [2.05, 4.69) is 15.9 Å². The van der Waals surface area contributed by atoms with Crippen LogP contribution in [0.1, 0.15) is 41.6 Å². The number of carbonyl (C=O) groups is 1. The Balaban J connectivity index is 1.79. The lowest BCUT2D eigenvalue weighted by atomic mass is 9.78. The fraction of sp³-hybridized carbons (Fsp3) is 0.588. The van der Waals surface area contributed by atoms with Gasteiger partial charge in [-0.05, 0) is 56.2 Å². The van der Waals surface area contributed by atoms with Crippen LogP contribution in [-0.4, -0.2) is 29.5 Å². The van der Waals surface area contributed by atoms with Gasteiger partial charge in [0.15, 0.2) is 5.78 Å². The minimum atomic E-state index is -0.0277. The zero-order chi connectivity index (χ0) is 14.9. The Morgan fingerprint density at radius 2 is 2.14 bits per heavy atom. The van der Waals surface area contributed by atoms with Gasteiger partial charge in [-0.25, -0.2) is 0 Å². The third-order valence-electron chi connectivity index (χ3n) is 4.66. The summed E-state index contributed by atoms with van der Waals surface area (Å²) in [7, 11) is 0. The molecule has 1 spiro atoms. The van der Waals surface area contributed by atoms with Crippen molar-refractivity contribution in [3.63, 3.8) is 0 Å². The van der Waals surface area contributed by atoms with E-state index in [9.17, 15) is 4.79 Å². The summed E-state index contributed by atoms with van der Waals surface area (Å²) < 4.78 is 7.01. The largest absolute Gasteiger partial charge is 0.375 e. The summed E-state index contributed by atoms with van der Waals surface area (Å²) in [4.78, 5) is 12.9. The Bertz CT molecular complexity index is 532. The van der Waals surface area contributed by atoms with E-state index in [0.717, 1.165) is 59.4 Å². The fourth-order valence-corrected chi connectivity index (χ4v) is 5.07. The zero-order valence-corrected chi connectivity index (χ0v) is 14.8. The van der Waals surface area contributed by atoms with Crippen molar-refractivity contribution in [2.45, 2.75) is 38.2 Å². The molecule has 4 heteroatoms. The van der Waals surface area contributed by atoms with E-state index in [1.54, 1.807) is 0 Å². The summed E-state index contributed by atoms with van der Waals surface area (Å²) in [5.41, 5.74) is 1.94. The molecule has 0 aliphatic carbocycles. The molecule has 0 saturated carbocycles. The minimum absolute atomic E-state index is 0.0277. The number of thioether (sulfide) groups is 1. The van der Waals surface area contributed by atoms with Crippen LogP contribution in [0.15, 0.2) is 22.7 Å². The van der Waals surface area contributed by atoms with E-state index in [1.807, 2.05) is 36.9 Å². The normalized spacial score (nSPS) is 25.0. The van der Waals surface area contributed by atoms with Crippen LogP contribution < -0.4 is 0 Å². The van der Waals surface area contributed by atoms with Crippen molar-refractivity contribution in [2.75, 3.05) is 18.1 Å². The number of aryl methyl sites for hydroxylation is 1. The maximum Gasteiger partial charge on any atom is 0.167 e. The average Bonchev–Trinajstić information content (AvgIpc) is 2.50. The van der Waals surface area contributed by atoms with Crippen LogP contribution in [0.25, 0.3) is 0 Å². The lowest BCUT2D eigenvalue weighted by molar-refractivity contribution is -0.0959. The number of hydrogen-bond acceptors (Lipinski definition) is 3. The summed E-state index contributed by atoms with van der Waals surface area (Å²) >= 11 is 5.53. The van der Waals surface area contributed by atoms with Crippen molar-refractivity contribution in [3.05, 3.63) is 33.8 Å². The maximum absolute atomic E-state index is 12.9. The highest BCUT2D eigenvalue weighted by molar-refractivity contribution is 9.10. The molecule has 3 rings (SSSR count). The quantitative estimate of drug-likeness (QED) is 0.711. The van der Waals surface area contributed by atoms with E-state index < -0.39 is 0 Å². The molecule has 0 bridgehead atoms. The lowest BCUT2D eigenvalue weighted by Crippen LogP contribution is -2.44. The first kappa shape index (κ1) is 15.6. The smallest absolute Gasteiger partial charge is 0.167 e. The standard InChI is InChI=1S/C17H21BrO2S/c1-12-2-3-15(18)14(10-12)16(19)13-4-7-20-17(11-13)5-8-21-9-6-17/h2-3,10,13H,4-9,11H2,1H3. The highest BCUT2D eigenvalue weighted by Crippen LogP contribution is 2.41. The third kappa shape index (κ3) is 3.38. The number of halogens is 1. The van der Waals surface area contributed by atoms with Gasteiger partial charge in [0.2, 0.25) is 0 Å². The molecule has 2 nitrogen and oxygen atoms in total. The van der Waals surface area contributed by atoms with E-state index >= 15 is 0 Å². The molecular weight excluding hydrogens is 348 g/mol. The molecule has 0 aromatic heterocycles. The number of rotatable bonds is 2. The Labute approximate surface area is 139 Å². The molecule has 2 saturated heterocycles. The molecule has 114 valence electrons. The Hall–Kier alpha value is -0.320. The van der Waals surface area contributed by atoms with Crippen LogP contribution in [0.5, 0.6) is 0 Å². The molecule has 1 atom stereocenters. The van der Waals surface area contributed by atoms with E-state index in [1.165, 1.54) is 0 Å². The first-order valence-corrected chi connectivity index (χ1v) is 9.56. The SMILES string of the molecule is Cc1ccc(Br)c(C(=O)C2CCOC3(CCSCC3)C2)c1. The predicted molar refractivity (Wildman–Crippen MR) is 91.2 cm³/mol. The van der Waals surface area contributed by atoms with Crippen molar-refractivity contribution in [1.29, 1.82) is 0 Å². The van der Waals surface area contributed by atoms with Gasteiger partial charge in [0, 0.05) is 22.6 Å². The summed E-state index contributed by atoms with van der Waals surface area (Å²) in [6.45, 7) is 2.76. The van der Waals surface area contributed by atoms with Gasteiger partial charge in [-0.2, -0.15) is 11.8 Å². The topological polar surface area (TPSA) is 26.3 Å². The van der Waals surface area contributed by atoms with E-state index in [-0.39, 0.29) is 17.3 Å². The number of Topliss-reactive ketones (excluding diaryl/α,β-unsaturated/α-hetero) is 1. The molecule has 21 heavy (non-hydrogen) atoms. The van der Waals surface area contributed by atoms with Crippen molar-refractivity contribution < 1.29 is 9.53 Å². The maximum atomic E-state index is 12.9. The Morgan fingerprint density at radius 3 is 2.90 bits per heavy atom. The van der Waals surface area contributed by atoms with Gasteiger partial charge in [0.1, 0.15) is 0 Å². The molecule has 0 N–H and O–H groups in total. The van der Waals surface area contributed by atoms with Gasteiger partial charge in [0.05, 0.1) is 5.60 Å². The second kappa shape index (κ2) is 6.43. The molecule has 2 aliphatic heterocycles. The number of carbonyl (C=O) groups excluding carboxylic acids is 1. The van der Waals surface area contributed by atoms with Crippen molar-refractivity contribution in [1.82, 2.24) is 0 Å². The van der Waals surface area contributed by atoms with Gasteiger partial charge in [-0.1, -0.05) is 27.6 Å².